The molecule has 670 valence electrons. The first-order chi connectivity index (χ1) is 61.4. The highest BCUT2D eigenvalue weighted by molar-refractivity contribution is 7.89. The van der Waals surface area contributed by atoms with Crippen molar-refractivity contribution in [3.05, 3.63) is 367 Å². The van der Waals surface area contributed by atoms with Gasteiger partial charge in [-0.15, -0.1) is 0 Å². The van der Waals surface area contributed by atoms with Crippen molar-refractivity contribution in [1.29, 1.82) is 0 Å². The number of aryl methyl sites for hydroxylation is 1. The van der Waals surface area contributed by atoms with Crippen LogP contribution < -0.4 is 54.7 Å². The summed E-state index contributed by atoms with van der Waals surface area (Å²) in [5.41, 5.74) is 43.4. The van der Waals surface area contributed by atoms with E-state index in [1.807, 2.05) is 182 Å². The van der Waals surface area contributed by atoms with Crippen LogP contribution in [0.5, 0.6) is 0 Å². The largest absolute Gasteiger partial charge is 0.480 e. The molecule has 5 atom stereocenters. The van der Waals surface area contributed by atoms with E-state index in [1.165, 1.54) is 73.7 Å². The molecule has 11 aromatic rings. The molecule has 1 aromatic heterocycles. The molecule has 20 N–H and O–H groups in total. The molecule has 1 aliphatic carbocycles. The molecule has 29 heteroatoms. The Balaban J connectivity index is 0.000000198. The second kappa shape index (κ2) is 51.9. The maximum Gasteiger partial charge on any atom is 0.320 e. The number of pyridine rings is 1. The van der Waals surface area contributed by atoms with Crippen LogP contribution in [0.3, 0.4) is 0 Å². The third-order valence-electron chi connectivity index (χ3n) is 20.8. The fourth-order valence-electron chi connectivity index (χ4n) is 13.2. The van der Waals surface area contributed by atoms with Crippen LogP contribution in [0, 0.1) is 0 Å². The second-order valence-electron chi connectivity index (χ2n) is 30.8. The number of carboxylic acids is 5. The molecule has 10 aromatic carbocycles. The first-order valence-corrected chi connectivity index (χ1v) is 43.7. The van der Waals surface area contributed by atoms with Gasteiger partial charge in [0.05, 0.1) is 10.5 Å². The summed E-state index contributed by atoms with van der Waals surface area (Å²) in [6.45, 7) is 3.90. The predicted octanol–water partition coefficient (Wildman–Crippen LogP) is 12.5. The number of aromatic nitrogens is 1. The van der Waals surface area contributed by atoms with E-state index >= 15 is 0 Å². The minimum atomic E-state index is -3.62. The van der Waals surface area contributed by atoms with Crippen molar-refractivity contribution in [1.82, 2.24) is 31.0 Å². The molecule has 1 aliphatic rings. The topological polar surface area (TPSA) is 492 Å². The highest BCUT2D eigenvalue weighted by atomic mass is 35.5. The molecule has 0 bridgehead atoms. The number of rotatable bonds is 36. The number of nitrogens with one attached hydrogen (secondary N) is 5. The number of hydrogen-bond acceptors (Lipinski definition) is 17. The number of unbranched alkanes of at least 4 members (excludes halogenated alkanes) is 1. The molecule has 1 fully saturated rings. The SMILES string of the molecule is CCCCc1ccc(C(=O)NCc2ccc(C[C@H](N)C(=O)O)cc2)cc1.N[C@@H](Cc1ccc(CNC(=O)c2ccc(C3CCCCC3)cc2)cc1)C(=O)O.N[C@@H](Cc1ccc(CNC(=O)c2cccc(-c3ccccc3)c2)cc1)C(=O)O.N[C@@H](Cc1ccc(CNC(=O)c2cccnc2)cc1)C(=O)O.N[C@@H](Cc1ccc(CNS(=O)(=O)c2ccc(Cl)cc2)cc1)C(=O)O. The average Bonchev–Trinajstić information content (AvgIpc) is 0.841. The number of hydrogen-bond donors (Lipinski definition) is 15. The summed E-state index contributed by atoms with van der Waals surface area (Å²) in [4.78, 5) is 107. The molecule has 0 unspecified atom stereocenters. The Kier molecular flexibility index (Phi) is 40.5. The molecule has 27 nitrogen and oxygen atoms in total. The molecule has 0 spiro atoms. The fraction of sp³-hybridized carbons (Fsp3) is 0.253. The Bertz CT molecular complexity index is 5510. The number of nitrogens with zero attached hydrogens (tertiary/aromatic N) is 1. The molecule has 128 heavy (non-hydrogen) atoms. The third-order valence-corrected chi connectivity index (χ3v) is 22.5. The van der Waals surface area contributed by atoms with Crippen molar-refractivity contribution in [2.24, 2.45) is 28.7 Å². The normalized spacial score (nSPS) is 12.8. The van der Waals surface area contributed by atoms with E-state index in [1.54, 1.807) is 48.7 Å². The summed E-state index contributed by atoms with van der Waals surface area (Å²) in [5, 5.41) is 56.1. The number of nitrogens with two attached hydrogens (primary N) is 5. The number of carboxylic acid groups (broad SMARTS) is 5. The number of halogens is 1. The first-order valence-electron chi connectivity index (χ1n) is 41.8. The lowest BCUT2D eigenvalue weighted by Crippen LogP contribution is -2.32. The Hall–Kier alpha value is -13.4. The van der Waals surface area contributed by atoms with E-state index < -0.39 is 70.1 Å². The van der Waals surface area contributed by atoms with Crippen molar-refractivity contribution in [3.63, 3.8) is 0 Å². The summed E-state index contributed by atoms with van der Waals surface area (Å²) in [7, 11) is -3.62. The van der Waals surface area contributed by atoms with Crippen molar-refractivity contribution in [2.75, 3.05) is 0 Å². The van der Waals surface area contributed by atoms with Gasteiger partial charge in [0.2, 0.25) is 10.0 Å². The number of sulfonamides is 1. The summed E-state index contributed by atoms with van der Waals surface area (Å²) < 4.78 is 26.8. The van der Waals surface area contributed by atoms with Crippen molar-refractivity contribution < 1.29 is 77.1 Å². The predicted molar refractivity (Wildman–Crippen MR) is 492 cm³/mol. The van der Waals surface area contributed by atoms with Crippen molar-refractivity contribution >= 4 is 75.1 Å². The van der Waals surface area contributed by atoms with Crippen LogP contribution in [0.2, 0.25) is 5.02 Å². The van der Waals surface area contributed by atoms with E-state index in [4.69, 9.17) is 65.8 Å². The molecule has 0 radical (unpaired) electrons. The number of aliphatic carboxylic acids is 5. The van der Waals surface area contributed by atoms with E-state index in [-0.39, 0.29) is 67.2 Å². The van der Waals surface area contributed by atoms with Gasteiger partial charge in [-0.2, -0.15) is 0 Å². The van der Waals surface area contributed by atoms with Crippen LogP contribution >= 0.6 is 11.6 Å². The van der Waals surface area contributed by atoms with Crippen LogP contribution in [0.1, 0.15) is 166 Å². The zero-order chi connectivity index (χ0) is 92.5. The third kappa shape index (κ3) is 34.8. The quantitative estimate of drug-likeness (QED) is 0.0173. The van der Waals surface area contributed by atoms with Crippen LogP contribution in [-0.4, -0.2) is 123 Å². The fourth-order valence-corrected chi connectivity index (χ4v) is 14.3. The summed E-state index contributed by atoms with van der Waals surface area (Å²) >= 11 is 5.74. The minimum Gasteiger partial charge on any atom is -0.480 e. The van der Waals surface area contributed by atoms with Gasteiger partial charge in [-0.05, 0) is 214 Å². The Morgan fingerprint density at radius 3 is 1.05 bits per heavy atom. The second-order valence-corrected chi connectivity index (χ2v) is 33.0. The van der Waals surface area contributed by atoms with Gasteiger partial charge >= 0.3 is 29.8 Å². The zero-order valence-corrected chi connectivity index (χ0v) is 72.6. The van der Waals surface area contributed by atoms with Crippen molar-refractivity contribution in [3.8, 4) is 11.1 Å². The van der Waals surface area contributed by atoms with E-state index in [9.17, 15) is 51.6 Å². The number of carbonyl (C=O) groups is 9. The van der Waals surface area contributed by atoms with Crippen LogP contribution in [0.4, 0.5) is 0 Å². The molecule has 0 aliphatic heterocycles. The lowest BCUT2D eigenvalue weighted by molar-refractivity contribution is -0.139. The molecule has 1 heterocycles. The number of amides is 4. The molecular formula is C99H110ClN11O16S. The van der Waals surface area contributed by atoms with Gasteiger partial charge in [0, 0.05) is 66.8 Å². The molecule has 0 saturated heterocycles. The number of benzene rings is 10. The summed E-state index contributed by atoms with van der Waals surface area (Å²) in [6.07, 6.45) is 14.2. The van der Waals surface area contributed by atoms with Gasteiger partial charge in [-0.1, -0.05) is 232 Å². The molecule has 12 rings (SSSR count). The number of carbonyl (C=O) groups excluding carboxylic acids is 4. The van der Waals surface area contributed by atoms with E-state index in [0.717, 1.165) is 86.0 Å². The van der Waals surface area contributed by atoms with Gasteiger partial charge in [-0.25, -0.2) is 13.1 Å². The van der Waals surface area contributed by atoms with Gasteiger partial charge in [0.25, 0.3) is 23.6 Å². The highest BCUT2D eigenvalue weighted by Crippen LogP contribution is 2.33. The molecule has 1 saturated carbocycles. The van der Waals surface area contributed by atoms with Crippen LogP contribution in [-0.2, 0) is 105 Å². The molecule has 4 amide bonds. The Morgan fingerprint density at radius 1 is 0.367 bits per heavy atom. The maximum absolute atomic E-state index is 12.5. The van der Waals surface area contributed by atoms with Crippen molar-refractivity contribution in [2.45, 2.75) is 164 Å². The smallest absolute Gasteiger partial charge is 0.320 e. The maximum atomic E-state index is 12.5. The highest BCUT2D eigenvalue weighted by Gasteiger charge is 2.21. The van der Waals surface area contributed by atoms with Gasteiger partial charge in [0.15, 0.2) is 0 Å². The standard InChI is InChI=1S/C23H22N2O3.C23H28N2O3.C21H26N2O3.C16H17ClN2O4S.C16H17N3O3/c24-21(23(27)28)13-16-9-11-17(12-10-16)15-25-22(26)20-8-4-7-19(14-20)18-5-2-1-3-6-18;24-21(23(27)28)14-16-6-8-17(9-7-16)15-25-22(26)20-12-10-19(11-13-20)18-4-2-1-3-5-18;1-2-3-4-15-9-11-18(12-10-15)20(24)23-14-17-7-5-16(6-8-17)13-19(22)21(25)26;17-13-5-7-14(8-6-13)24(22,23)19-10-12-3-1-11(2-4-12)9-15(18)16(20)21;17-14(16(21)22)8-11-3-5-12(6-4-11)9-19-15(20)13-2-1-7-18-10-13/h1-12,14,21H,13,15,24H2,(H,25,26)(H,27,28);6-13,18,21H,1-5,14-15,24H2,(H,25,26)(H,27,28);5-12,19H,2-4,13-14,22H2,1H3,(H,23,24)(H,25,26);1-8,15,19H,9-10,18H2,(H,20,21);1-7,10,14H,8-9,17H2,(H,19,20)(H,21,22)/t2*21-;19-;15-;14-/m00000/s1. The average molecular weight is 1780 g/mol. The first kappa shape index (κ1) is 100.0. The Labute approximate surface area is 750 Å². The van der Waals surface area contributed by atoms with E-state index in [2.05, 4.69) is 50.0 Å². The summed E-state index contributed by atoms with van der Waals surface area (Å²) in [5.74, 6) is -5.01. The molecular weight excluding hydrogens is 1670 g/mol. The lowest BCUT2D eigenvalue weighted by atomic mass is 9.84. The summed E-state index contributed by atoms with van der Waals surface area (Å²) in [6, 6.07) is 74.4. The van der Waals surface area contributed by atoms with Gasteiger partial charge in [-0.3, -0.25) is 48.1 Å². The van der Waals surface area contributed by atoms with Crippen LogP contribution in [0.25, 0.3) is 11.1 Å². The zero-order valence-electron chi connectivity index (χ0n) is 71.0. The lowest BCUT2D eigenvalue weighted by Gasteiger charge is -2.22. The van der Waals surface area contributed by atoms with Crippen LogP contribution in [0.15, 0.2) is 278 Å². The van der Waals surface area contributed by atoms with Gasteiger partial charge < -0.3 is 75.5 Å². The van der Waals surface area contributed by atoms with E-state index in [0.29, 0.717) is 59.4 Å². The Morgan fingerprint density at radius 2 is 0.695 bits per heavy atom. The van der Waals surface area contributed by atoms with Gasteiger partial charge in [0.1, 0.15) is 30.2 Å². The monoisotopic (exact) mass is 1780 g/mol. The minimum absolute atomic E-state index is 0.0906.